The minimum Gasteiger partial charge on any atom is -0.375 e. The van der Waals surface area contributed by atoms with E-state index in [1.807, 2.05) is 22.4 Å². The number of piperidine rings is 1. The number of nitrogens with zero attached hydrogens (tertiary/aromatic N) is 3. The van der Waals surface area contributed by atoms with E-state index in [0.717, 1.165) is 68.4 Å². The Morgan fingerprint density at radius 3 is 2.89 bits per heavy atom. The Kier molecular flexibility index (Phi) is 4.52. The van der Waals surface area contributed by atoms with Gasteiger partial charge in [0.15, 0.2) is 5.82 Å². The Bertz CT molecular complexity index is 791. The van der Waals surface area contributed by atoms with E-state index in [1.165, 1.54) is 24.2 Å². The fraction of sp³-hybridized carbons (Fsp3) is 0.650. The van der Waals surface area contributed by atoms with Crippen molar-refractivity contribution in [2.75, 3.05) is 19.7 Å². The number of amides is 1. The fourth-order valence-electron chi connectivity index (χ4n) is 4.43. The molecule has 1 spiro atoms. The number of carbonyl (C=O) groups excluding carboxylic acids is 1. The lowest BCUT2D eigenvalue weighted by Gasteiger charge is -2.46. The molecule has 3 fully saturated rings. The van der Waals surface area contributed by atoms with Gasteiger partial charge in [0.1, 0.15) is 0 Å². The number of carbonyl (C=O) groups is 1. The molecule has 0 radical (unpaired) electrons. The normalized spacial score (nSPS) is 25.0. The maximum Gasteiger partial charge on any atom is 0.263 e. The average molecular weight is 388 g/mol. The van der Waals surface area contributed by atoms with Crippen LogP contribution in [0, 0.1) is 5.92 Å². The third-order valence-electron chi connectivity index (χ3n) is 6.17. The molecule has 27 heavy (non-hydrogen) atoms. The number of hydrogen-bond donors (Lipinski definition) is 0. The van der Waals surface area contributed by atoms with Crippen LogP contribution in [0.15, 0.2) is 22.0 Å². The minimum atomic E-state index is -0.0851. The number of aromatic nitrogens is 2. The van der Waals surface area contributed by atoms with Crippen LogP contribution in [0.3, 0.4) is 0 Å². The first-order valence-corrected chi connectivity index (χ1v) is 10.9. The molecular formula is C20H25N3O3S. The minimum absolute atomic E-state index is 0.0851. The predicted molar refractivity (Wildman–Crippen MR) is 101 cm³/mol. The van der Waals surface area contributed by atoms with Crippen LogP contribution in [0.5, 0.6) is 0 Å². The molecule has 3 aliphatic rings. The summed E-state index contributed by atoms with van der Waals surface area (Å²) in [6, 6.07) is 3.84. The first-order valence-electron chi connectivity index (χ1n) is 10.00. The SMILES string of the molecule is O=C(c1cccs1)N1CCC2(CC1)CC(Cc1noc(C3CC3)n1)CCO2. The Labute approximate surface area is 162 Å². The van der Waals surface area contributed by atoms with Gasteiger partial charge in [-0.1, -0.05) is 11.2 Å². The fourth-order valence-corrected chi connectivity index (χ4v) is 5.12. The van der Waals surface area contributed by atoms with Gasteiger partial charge in [-0.25, -0.2) is 0 Å². The van der Waals surface area contributed by atoms with E-state index < -0.39 is 0 Å². The Hall–Kier alpha value is -1.73. The Morgan fingerprint density at radius 2 is 2.15 bits per heavy atom. The molecule has 0 aromatic carbocycles. The number of rotatable bonds is 4. The third-order valence-corrected chi connectivity index (χ3v) is 7.03. The van der Waals surface area contributed by atoms with E-state index in [9.17, 15) is 4.79 Å². The van der Waals surface area contributed by atoms with Crippen molar-refractivity contribution in [3.05, 3.63) is 34.1 Å². The third kappa shape index (κ3) is 3.67. The highest BCUT2D eigenvalue weighted by Gasteiger charge is 2.41. The molecule has 2 aliphatic heterocycles. The summed E-state index contributed by atoms with van der Waals surface area (Å²) in [6.07, 6.45) is 7.15. The molecule has 2 saturated heterocycles. The summed E-state index contributed by atoms with van der Waals surface area (Å²) in [5, 5.41) is 6.15. The van der Waals surface area contributed by atoms with Crippen molar-refractivity contribution in [2.45, 2.75) is 56.5 Å². The average Bonchev–Trinajstić information content (AvgIpc) is 3.18. The number of likely N-dealkylation sites (tertiary alicyclic amines) is 1. The van der Waals surface area contributed by atoms with Gasteiger partial charge in [-0.15, -0.1) is 11.3 Å². The number of thiophene rings is 1. The highest BCUT2D eigenvalue weighted by molar-refractivity contribution is 7.12. The highest BCUT2D eigenvalue weighted by Crippen LogP contribution is 2.41. The molecular weight excluding hydrogens is 362 g/mol. The lowest BCUT2D eigenvalue weighted by atomic mass is 9.78. The summed E-state index contributed by atoms with van der Waals surface area (Å²) in [5.41, 5.74) is -0.0851. The molecule has 5 rings (SSSR count). The van der Waals surface area contributed by atoms with Crippen LogP contribution in [0.25, 0.3) is 0 Å². The molecule has 0 N–H and O–H groups in total. The van der Waals surface area contributed by atoms with E-state index >= 15 is 0 Å². The smallest absolute Gasteiger partial charge is 0.263 e. The van der Waals surface area contributed by atoms with Crippen molar-refractivity contribution in [3.8, 4) is 0 Å². The molecule has 4 heterocycles. The molecule has 1 amide bonds. The topological polar surface area (TPSA) is 68.5 Å². The van der Waals surface area contributed by atoms with E-state index in [0.29, 0.717) is 11.8 Å². The summed E-state index contributed by atoms with van der Waals surface area (Å²) in [5.74, 6) is 2.88. The molecule has 1 saturated carbocycles. The van der Waals surface area contributed by atoms with E-state index in [-0.39, 0.29) is 11.5 Å². The van der Waals surface area contributed by atoms with Crippen molar-refractivity contribution in [1.29, 1.82) is 0 Å². The lowest BCUT2D eigenvalue weighted by Crippen LogP contribution is -2.50. The van der Waals surface area contributed by atoms with Crippen LogP contribution in [0.2, 0.25) is 0 Å². The van der Waals surface area contributed by atoms with E-state index in [4.69, 9.17) is 9.26 Å². The van der Waals surface area contributed by atoms with Crippen molar-refractivity contribution in [3.63, 3.8) is 0 Å². The summed E-state index contributed by atoms with van der Waals surface area (Å²) in [7, 11) is 0. The standard InChI is InChI=1S/C20H25N3O3S/c24-19(16-2-1-11-27-16)23-8-6-20(7-9-23)13-14(5-10-25-20)12-17-21-18(26-22-17)15-3-4-15/h1-2,11,14-15H,3-10,12-13H2. The molecule has 2 aromatic rings. The second-order valence-electron chi connectivity index (χ2n) is 8.19. The zero-order chi connectivity index (χ0) is 18.3. The van der Waals surface area contributed by atoms with Crippen molar-refractivity contribution in [2.24, 2.45) is 5.92 Å². The van der Waals surface area contributed by atoms with Crippen LogP contribution in [0.4, 0.5) is 0 Å². The van der Waals surface area contributed by atoms with Gasteiger partial charge in [0.05, 0.1) is 10.5 Å². The monoisotopic (exact) mass is 387 g/mol. The summed E-state index contributed by atoms with van der Waals surface area (Å²) in [4.78, 5) is 20.0. The van der Waals surface area contributed by atoms with Crippen LogP contribution in [0.1, 0.15) is 65.8 Å². The van der Waals surface area contributed by atoms with Crippen LogP contribution in [-0.4, -0.2) is 46.2 Å². The van der Waals surface area contributed by atoms with Gasteiger partial charge in [-0.05, 0) is 55.9 Å². The van der Waals surface area contributed by atoms with Gasteiger partial charge in [-0.3, -0.25) is 4.79 Å². The largest absolute Gasteiger partial charge is 0.375 e. The van der Waals surface area contributed by atoms with Gasteiger partial charge in [-0.2, -0.15) is 4.98 Å². The van der Waals surface area contributed by atoms with Gasteiger partial charge in [0, 0.05) is 32.0 Å². The Balaban J connectivity index is 1.18. The summed E-state index contributed by atoms with van der Waals surface area (Å²) in [6.45, 7) is 2.34. The van der Waals surface area contributed by atoms with E-state index in [2.05, 4.69) is 10.1 Å². The zero-order valence-electron chi connectivity index (χ0n) is 15.4. The van der Waals surface area contributed by atoms with Crippen LogP contribution >= 0.6 is 11.3 Å². The number of hydrogen-bond acceptors (Lipinski definition) is 6. The first-order chi connectivity index (χ1) is 13.2. The zero-order valence-corrected chi connectivity index (χ0v) is 16.2. The molecule has 1 unspecified atom stereocenters. The van der Waals surface area contributed by atoms with Gasteiger partial charge in [0.25, 0.3) is 5.91 Å². The Morgan fingerprint density at radius 1 is 1.30 bits per heavy atom. The van der Waals surface area contributed by atoms with Crippen LogP contribution < -0.4 is 0 Å². The summed E-state index contributed by atoms with van der Waals surface area (Å²) < 4.78 is 11.7. The molecule has 1 aliphatic carbocycles. The highest BCUT2D eigenvalue weighted by atomic mass is 32.1. The van der Waals surface area contributed by atoms with E-state index in [1.54, 1.807) is 0 Å². The van der Waals surface area contributed by atoms with Gasteiger partial charge >= 0.3 is 0 Å². The molecule has 144 valence electrons. The first kappa shape index (κ1) is 17.4. The second-order valence-corrected chi connectivity index (χ2v) is 9.13. The van der Waals surface area contributed by atoms with Crippen LogP contribution in [-0.2, 0) is 11.2 Å². The molecule has 7 heteroatoms. The number of ether oxygens (including phenoxy) is 1. The molecule has 2 aromatic heterocycles. The van der Waals surface area contributed by atoms with Gasteiger partial charge < -0.3 is 14.2 Å². The molecule has 0 bridgehead atoms. The van der Waals surface area contributed by atoms with Crippen molar-refractivity contribution < 1.29 is 14.1 Å². The van der Waals surface area contributed by atoms with Crippen molar-refractivity contribution in [1.82, 2.24) is 15.0 Å². The summed E-state index contributed by atoms with van der Waals surface area (Å²) >= 11 is 1.52. The van der Waals surface area contributed by atoms with Crippen molar-refractivity contribution >= 4 is 17.2 Å². The quantitative estimate of drug-likeness (QED) is 0.801. The second kappa shape index (κ2) is 7.02. The molecule has 1 atom stereocenters. The molecule has 6 nitrogen and oxygen atoms in total. The maximum absolute atomic E-state index is 12.6. The lowest BCUT2D eigenvalue weighted by molar-refractivity contribution is -0.123. The van der Waals surface area contributed by atoms with Gasteiger partial charge in [0.2, 0.25) is 5.89 Å². The maximum atomic E-state index is 12.6. The predicted octanol–water partition coefficient (Wildman–Crippen LogP) is 3.65.